The number of ketones is 2. The molecule has 1 rings (SSSR count). The highest BCUT2D eigenvalue weighted by molar-refractivity contribution is 6.02. The van der Waals surface area contributed by atoms with Gasteiger partial charge in [0.15, 0.2) is 11.6 Å². The molecule has 0 aliphatic heterocycles. The van der Waals surface area contributed by atoms with Crippen LogP contribution in [0.1, 0.15) is 54.3 Å². The largest absolute Gasteiger partial charge is 0.481 e. The zero-order valence-corrected chi connectivity index (χ0v) is 11.4. The van der Waals surface area contributed by atoms with Gasteiger partial charge in [-0.05, 0) is 0 Å². The molecule has 0 unspecified atom stereocenters. The summed E-state index contributed by atoms with van der Waals surface area (Å²) in [5.74, 6) is -1.21. The van der Waals surface area contributed by atoms with E-state index in [2.05, 4.69) is 0 Å². The summed E-state index contributed by atoms with van der Waals surface area (Å²) in [4.78, 5) is 34.1. The first kappa shape index (κ1) is 15.1. The zero-order chi connectivity index (χ0) is 14.6. The summed E-state index contributed by atoms with van der Waals surface area (Å²) in [6.07, 6.45) is -0.205. The van der Waals surface area contributed by atoms with Gasteiger partial charge < -0.3 is 5.11 Å². The number of rotatable bonds is 5. The van der Waals surface area contributed by atoms with E-state index in [1.807, 2.05) is 20.8 Å². The molecule has 0 saturated heterocycles. The van der Waals surface area contributed by atoms with Crippen molar-refractivity contribution in [3.05, 3.63) is 35.4 Å². The van der Waals surface area contributed by atoms with E-state index < -0.39 is 11.4 Å². The Kier molecular flexibility index (Phi) is 4.59. The summed E-state index contributed by atoms with van der Waals surface area (Å²) in [6.45, 7) is 5.50. The monoisotopic (exact) mass is 262 g/mol. The topological polar surface area (TPSA) is 71.4 Å². The van der Waals surface area contributed by atoms with E-state index in [4.69, 9.17) is 5.11 Å². The van der Waals surface area contributed by atoms with Crippen molar-refractivity contribution in [2.75, 3.05) is 0 Å². The van der Waals surface area contributed by atoms with Gasteiger partial charge in [-0.3, -0.25) is 14.4 Å². The fraction of sp³-hybridized carbons (Fsp3) is 0.400. The number of carboxylic acid groups (broad SMARTS) is 1. The van der Waals surface area contributed by atoms with Crippen LogP contribution in [0.2, 0.25) is 0 Å². The number of aliphatic carboxylic acids is 1. The van der Waals surface area contributed by atoms with Crippen molar-refractivity contribution in [2.45, 2.75) is 33.6 Å². The van der Waals surface area contributed by atoms with Crippen molar-refractivity contribution in [1.29, 1.82) is 0 Å². The standard InChI is InChI=1S/C15H18O4/c1-15(2,3)14(19)11-6-4-10(5-7-11)12(16)8-9-13(17)18/h4-7H,8-9H2,1-3H3,(H,17,18). The Morgan fingerprint density at radius 3 is 1.84 bits per heavy atom. The minimum atomic E-state index is -0.993. The lowest BCUT2D eigenvalue weighted by Crippen LogP contribution is -2.20. The maximum Gasteiger partial charge on any atom is 0.303 e. The molecule has 0 radical (unpaired) electrons. The van der Waals surface area contributed by atoms with Crippen LogP contribution in [0.5, 0.6) is 0 Å². The van der Waals surface area contributed by atoms with Gasteiger partial charge in [-0.15, -0.1) is 0 Å². The molecule has 0 heterocycles. The second kappa shape index (κ2) is 5.78. The molecule has 0 aromatic heterocycles. The zero-order valence-electron chi connectivity index (χ0n) is 11.4. The van der Waals surface area contributed by atoms with Gasteiger partial charge in [0.05, 0.1) is 6.42 Å². The normalized spacial score (nSPS) is 11.1. The highest BCUT2D eigenvalue weighted by Crippen LogP contribution is 2.21. The summed E-state index contributed by atoms with van der Waals surface area (Å²) in [5.41, 5.74) is 0.531. The molecule has 1 aromatic carbocycles. The van der Waals surface area contributed by atoms with Crippen molar-refractivity contribution < 1.29 is 19.5 Å². The van der Waals surface area contributed by atoms with Gasteiger partial charge in [-0.25, -0.2) is 0 Å². The third-order valence-corrected chi connectivity index (χ3v) is 2.72. The van der Waals surface area contributed by atoms with Crippen molar-refractivity contribution in [2.24, 2.45) is 5.41 Å². The molecule has 0 saturated carbocycles. The maximum absolute atomic E-state index is 12.0. The molecule has 4 nitrogen and oxygen atoms in total. The molecule has 0 fully saturated rings. The summed E-state index contributed by atoms with van der Waals surface area (Å²) >= 11 is 0. The van der Waals surface area contributed by atoms with E-state index >= 15 is 0 Å². The number of Topliss-reactive ketones (excluding diaryl/α,β-unsaturated/α-hetero) is 2. The van der Waals surface area contributed by atoms with Gasteiger partial charge in [0.2, 0.25) is 0 Å². The summed E-state index contributed by atoms with van der Waals surface area (Å²) in [5, 5.41) is 8.52. The van der Waals surface area contributed by atoms with Gasteiger partial charge >= 0.3 is 5.97 Å². The van der Waals surface area contributed by atoms with Gasteiger partial charge in [0, 0.05) is 23.0 Å². The number of benzene rings is 1. The second-order valence-electron chi connectivity index (χ2n) is 5.47. The first-order chi connectivity index (χ1) is 8.71. The molecule has 1 N–H and O–H groups in total. The number of hydrogen-bond acceptors (Lipinski definition) is 3. The quantitative estimate of drug-likeness (QED) is 0.828. The first-order valence-corrected chi connectivity index (χ1v) is 6.11. The fourth-order valence-electron chi connectivity index (χ4n) is 1.61. The molecular formula is C15H18O4. The number of hydrogen-bond donors (Lipinski definition) is 1. The number of carboxylic acids is 1. The molecule has 4 heteroatoms. The Balaban J connectivity index is 2.79. The summed E-state index contributed by atoms with van der Waals surface area (Å²) in [7, 11) is 0. The van der Waals surface area contributed by atoms with E-state index in [-0.39, 0.29) is 24.4 Å². The van der Waals surface area contributed by atoms with Crippen LogP contribution in [-0.2, 0) is 4.79 Å². The van der Waals surface area contributed by atoms with Crippen LogP contribution in [0.15, 0.2) is 24.3 Å². The van der Waals surface area contributed by atoms with E-state index in [9.17, 15) is 14.4 Å². The molecule has 1 aromatic rings. The van der Waals surface area contributed by atoms with Crippen molar-refractivity contribution in [3.63, 3.8) is 0 Å². The number of carbonyl (C=O) groups is 3. The Morgan fingerprint density at radius 2 is 1.42 bits per heavy atom. The third-order valence-electron chi connectivity index (χ3n) is 2.72. The van der Waals surface area contributed by atoms with Crippen molar-refractivity contribution >= 4 is 17.5 Å². The molecule has 0 aliphatic carbocycles. The predicted octanol–water partition coefficient (Wildman–Crippen LogP) is 2.96. The number of carbonyl (C=O) groups excluding carboxylic acids is 2. The minimum Gasteiger partial charge on any atom is -0.481 e. The molecule has 0 atom stereocenters. The van der Waals surface area contributed by atoms with Crippen LogP contribution in [0, 0.1) is 5.41 Å². The highest BCUT2D eigenvalue weighted by Gasteiger charge is 2.22. The third kappa shape index (κ3) is 4.32. The Bertz CT molecular complexity index is 492. The Labute approximate surface area is 112 Å². The van der Waals surface area contributed by atoms with E-state index in [1.54, 1.807) is 24.3 Å². The summed E-state index contributed by atoms with van der Waals surface area (Å²) < 4.78 is 0. The average Bonchev–Trinajstić information content (AvgIpc) is 2.34. The van der Waals surface area contributed by atoms with Crippen LogP contribution >= 0.6 is 0 Å². The predicted molar refractivity (Wildman–Crippen MR) is 71.4 cm³/mol. The molecule has 19 heavy (non-hydrogen) atoms. The van der Waals surface area contributed by atoms with Crippen LogP contribution in [0.3, 0.4) is 0 Å². The summed E-state index contributed by atoms with van der Waals surface area (Å²) in [6, 6.07) is 6.37. The fourth-order valence-corrected chi connectivity index (χ4v) is 1.61. The van der Waals surface area contributed by atoms with Gasteiger partial charge in [-0.2, -0.15) is 0 Å². The van der Waals surface area contributed by atoms with Crippen LogP contribution in [-0.4, -0.2) is 22.6 Å². The molecule has 0 spiro atoms. The lowest BCUT2D eigenvalue weighted by atomic mass is 9.86. The van der Waals surface area contributed by atoms with E-state index in [1.165, 1.54) is 0 Å². The van der Waals surface area contributed by atoms with Crippen LogP contribution in [0.25, 0.3) is 0 Å². The van der Waals surface area contributed by atoms with Crippen LogP contribution < -0.4 is 0 Å². The Hall–Kier alpha value is -1.97. The maximum atomic E-state index is 12.0. The lowest BCUT2D eigenvalue weighted by Gasteiger charge is -2.16. The van der Waals surface area contributed by atoms with Crippen molar-refractivity contribution in [1.82, 2.24) is 0 Å². The van der Waals surface area contributed by atoms with Gasteiger partial charge in [-0.1, -0.05) is 45.0 Å². The smallest absolute Gasteiger partial charge is 0.303 e. The lowest BCUT2D eigenvalue weighted by molar-refractivity contribution is -0.136. The second-order valence-corrected chi connectivity index (χ2v) is 5.47. The van der Waals surface area contributed by atoms with E-state index in [0.717, 1.165) is 0 Å². The minimum absolute atomic E-state index is 0.0111. The molecule has 102 valence electrons. The molecule has 0 bridgehead atoms. The molecule has 0 aliphatic rings. The van der Waals surface area contributed by atoms with Gasteiger partial charge in [0.1, 0.15) is 0 Å². The highest BCUT2D eigenvalue weighted by atomic mass is 16.4. The van der Waals surface area contributed by atoms with Crippen LogP contribution in [0.4, 0.5) is 0 Å². The molecule has 0 amide bonds. The molecular weight excluding hydrogens is 244 g/mol. The van der Waals surface area contributed by atoms with Crippen molar-refractivity contribution in [3.8, 4) is 0 Å². The first-order valence-electron chi connectivity index (χ1n) is 6.11. The average molecular weight is 262 g/mol. The van der Waals surface area contributed by atoms with E-state index in [0.29, 0.717) is 11.1 Å². The SMILES string of the molecule is CC(C)(C)C(=O)c1ccc(C(=O)CCC(=O)O)cc1. The Morgan fingerprint density at radius 1 is 0.947 bits per heavy atom. The van der Waals surface area contributed by atoms with Gasteiger partial charge in [0.25, 0.3) is 0 Å².